The van der Waals surface area contributed by atoms with Crippen molar-refractivity contribution in [1.82, 2.24) is 10.3 Å². The lowest BCUT2D eigenvalue weighted by Gasteiger charge is -2.10. The fraction of sp³-hybridized carbons (Fsp3) is 0.400. The zero-order chi connectivity index (χ0) is 14.4. The Kier molecular flexibility index (Phi) is 6.01. The van der Waals surface area contributed by atoms with E-state index in [1.807, 2.05) is 17.0 Å². The molecule has 0 spiro atoms. The molecular weight excluding hydrogens is 336 g/mol. The van der Waals surface area contributed by atoms with Crippen molar-refractivity contribution in [2.75, 3.05) is 6.54 Å². The number of aromatic nitrogens is 1. The summed E-state index contributed by atoms with van der Waals surface area (Å²) in [6.45, 7) is 6.83. The van der Waals surface area contributed by atoms with E-state index in [9.17, 15) is 0 Å². The van der Waals surface area contributed by atoms with Crippen molar-refractivity contribution in [1.29, 1.82) is 0 Å². The van der Waals surface area contributed by atoms with Gasteiger partial charge in [0.25, 0.3) is 0 Å². The van der Waals surface area contributed by atoms with E-state index in [2.05, 4.69) is 52.2 Å². The summed E-state index contributed by atoms with van der Waals surface area (Å²) in [5, 5.41) is 5.43. The molecule has 3 nitrogen and oxygen atoms in total. The number of halogens is 1. The fourth-order valence-electron chi connectivity index (χ4n) is 1.74. The zero-order valence-corrected chi connectivity index (χ0v) is 14.1. The van der Waals surface area contributed by atoms with Crippen molar-refractivity contribution >= 4 is 27.3 Å². The Morgan fingerprint density at radius 2 is 2.25 bits per heavy atom. The predicted molar refractivity (Wildman–Crippen MR) is 87.1 cm³/mol. The van der Waals surface area contributed by atoms with Gasteiger partial charge in [-0.3, -0.25) is 0 Å². The highest BCUT2D eigenvalue weighted by molar-refractivity contribution is 9.10. The van der Waals surface area contributed by atoms with Gasteiger partial charge in [-0.1, -0.05) is 19.9 Å². The second-order valence-corrected chi connectivity index (χ2v) is 6.63. The molecule has 0 aliphatic carbocycles. The highest BCUT2D eigenvalue weighted by atomic mass is 79.9. The van der Waals surface area contributed by atoms with E-state index in [-0.39, 0.29) is 0 Å². The Labute approximate surface area is 132 Å². The van der Waals surface area contributed by atoms with Crippen molar-refractivity contribution in [3.05, 3.63) is 44.8 Å². The maximum atomic E-state index is 5.76. The molecule has 0 aliphatic heterocycles. The summed E-state index contributed by atoms with van der Waals surface area (Å²) in [6.07, 6.45) is 0. The van der Waals surface area contributed by atoms with E-state index in [0.717, 1.165) is 29.0 Å². The van der Waals surface area contributed by atoms with E-state index in [0.29, 0.717) is 12.5 Å². The second-order valence-electron chi connectivity index (χ2n) is 5.06. The van der Waals surface area contributed by atoms with Gasteiger partial charge < -0.3 is 10.1 Å². The van der Waals surface area contributed by atoms with Crippen LogP contribution < -0.4 is 10.1 Å². The zero-order valence-electron chi connectivity index (χ0n) is 11.7. The van der Waals surface area contributed by atoms with E-state index in [4.69, 9.17) is 4.74 Å². The Morgan fingerprint density at radius 1 is 1.40 bits per heavy atom. The molecule has 0 radical (unpaired) electrons. The first-order valence-electron chi connectivity index (χ1n) is 6.64. The third kappa shape index (κ3) is 4.89. The van der Waals surface area contributed by atoms with Crippen LogP contribution in [0.15, 0.2) is 33.6 Å². The maximum Gasteiger partial charge on any atom is 0.134 e. The molecule has 0 atom stereocenters. The number of benzene rings is 1. The van der Waals surface area contributed by atoms with Gasteiger partial charge in [-0.05, 0) is 46.1 Å². The van der Waals surface area contributed by atoms with Gasteiger partial charge in [0, 0.05) is 11.9 Å². The first-order chi connectivity index (χ1) is 9.65. The minimum Gasteiger partial charge on any atom is -0.486 e. The lowest BCUT2D eigenvalue weighted by Crippen LogP contribution is -2.18. The molecule has 1 aromatic carbocycles. The number of hydrogen-bond donors (Lipinski definition) is 1. The van der Waals surface area contributed by atoms with Gasteiger partial charge in [0.1, 0.15) is 12.4 Å². The number of ether oxygens (including phenoxy) is 1. The summed E-state index contributed by atoms with van der Waals surface area (Å²) in [5.74, 6) is 1.52. The topological polar surface area (TPSA) is 34.1 Å². The van der Waals surface area contributed by atoms with Gasteiger partial charge in [0.15, 0.2) is 0 Å². The van der Waals surface area contributed by atoms with Crippen LogP contribution in [0.2, 0.25) is 0 Å². The monoisotopic (exact) mass is 354 g/mol. The van der Waals surface area contributed by atoms with Crippen molar-refractivity contribution < 1.29 is 4.74 Å². The van der Waals surface area contributed by atoms with Crippen LogP contribution in [0.3, 0.4) is 0 Å². The number of hydrogen-bond acceptors (Lipinski definition) is 4. The summed E-state index contributed by atoms with van der Waals surface area (Å²) in [6, 6.07) is 6.20. The Hall–Kier alpha value is -0.910. The maximum absolute atomic E-state index is 5.76. The first-order valence-corrected chi connectivity index (χ1v) is 8.37. The lowest BCUT2D eigenvalue weighted by atomic mass is 10.2. The minimum absolute atomic E-state index is 0.507. The Balaban J connectivity index is 1.88. The van der Waals surface area contributed by atoms with Gasteiger partial charge in [-0.15, -0.1) is 11.3 Å². The SMILES string of the molecule is CC(C)CNCc1ccc(OCc2cscn2)c(Br)c1. The third-order valence-electron chi connectivity index (χ3n) is 2.74. The third-order valence-corrected chi connectivity index (χ3v) is 3.99. The number of thiazole rings is 1. The molecule has 1 N–H and O–H groups in total. The molecule has 0 saturated heterocycles. The van der Waals surface area contributed by atoms with Gasteiger partial charge >= 0.3 is 0 Å². The average molecular weight is 355 g/mol. The summed E-state index contributed by atoms with van der Waals surface area (Å²) < 4.78 is 6.74. The second kappa shape index (κ2) is 7.76. The van der Waals surface area contributed by atoms with Crippen molar-refractivity contribution in [3.63, 3.8) is 0 Å². The molecule has 0 unspecified atom stereocenters. The van der Waals surface area contributed by atoms with Crippen LogP contribution >= 0.6 is 27.3 Å². The fourth-order valence-corrected chi connectivity index (χ4v) is 2.82. The van der Waals surface area contributed by atoms with Crippen LogP contribution in [-0.4, -0.2) is 11.5 Å². The van der Waals surface area contributed by atoms with E-state index in [1.165, 1.54) is 5.56 Å². The molecule has 0 amide bonds. The molecule has 0 fully saturated rings. The van der Waals surface area contributed by atoms with Gasteiger partial charge in [0.05, 0.1) is 15.7 Å². The lowest BCUT2D eigenvalue weighted by molar-refractivity contribution is 0.300. The molecule has 1 aromatic heterocycles. The van der Waals surface area contributed by atoms with Crippen LogP contribution in [0.5, 0.6) is 5.75 Å². The standard InChI is InChI=1S/C15H19BrN2OS/c1-11(2)6-17-7-12-3-4-15(14(16)5-12)19-8-13-9-20-10-18-13/h3-5,9-11,17H,6-8H2,1-2H3. The first kappa shape index (κ1) is 15.5. The van der Waals surface area contributed by atoms with Crippen LogP contribution in [-0.2, 0) is 13.2 Å². The highest BCUT2D eigenvalue weighted by Gasteiger charge is 2.04. The normalized spacial score (nSPS) is 11.0. The highest BCUT2D eigenvalue weighted by Crippen LogP contribution is 2.26. The van der Waals surface area contributed by atoms with E-state index < -0.39 is 0 Å². The van der Waals surface area contributed by atoms with Crippen LogP contribution in [0.1, 0.15) is 25.1 Å². The molecule has 0 bridgehead atoms. The molecule has 0 saturated carbocycles. The van der Waals surface area contributed by atoms with Gasteiger partial charge in [-0.2, -0.15) is 0 Å². The quantitative estimate of drug-likeness (QED) is 0.807. The summed E-state index contributed by atoms with van der Waals surface area (Å²) >= 11 is 5.14. The molecule has 5 heteroatoms. The Morgan fingerprint density at radius 3 is 2.90 bits per heavy atom. The molecule has 108 valence electrons. The van der Waals surface area contributed by atoms with E-state index in [1.54, 1.807) is 11.3 Å². The number of nitrogens with zero attached hydrogens (tertiary/aromatic N) is 1. The molecule has 20 heavy (non-hydrogen) atoms. The number of nitrogens with one attached hydrogen (secondary N) is 1. The molecule has 2 aromatic rings. The van der Waals surface area contributed by atoms with Gasteiger partial charge in [0.2, 0.25) is 0 Å². The molecular formula is C15H19BrN2OS. The smallest absolute Gasteiger partial charge is 0.134 e. The van der Waals surface area contributed by atoms with E-state index >= 15 is 0 Å². The van der Waals surface area contributed by atoms with Crippen LogP contribution in [0.25, 0.3) is 0 Å². The van der Waals surface area contributed by atoms with Crippen molar-refractivity contribution in [2.24, 2.45) is 5.92 Å². The summed E-state index contributed by atoms with van der Waals surface area (Å²) in [4.78, 5) is 4.20. The van der Waals surface area contributed by atoms with Crippen molar-refractivity contribution in [2.45, 2.75) is 27.0 Å². The predicted octanol–water partition coefficient (Wildman–Crippen LogP) is 4.23. The average Bonchev–Trinajstić information content (AvgIpc) is 2.90. The number of rotatable bonds is 7. The summed E-state index contributed by atoms with van der Waals surface area (Å²) in [5.41, 5.74) is 4.03. The minimum atomic E-state index is 0.507. The van der Waals surface area contributed by atoms with Crippen molar-refractivity contribution in [3.8, 4) is 5.75 Å². The largest absolute Gasteiger partial charge is 0.486 e. The molecule has 1 heterocycles. The van der Waals surface area contributed by atoms with Crippen LogP contribution in [0, 0.1) is 5.92 Å². The molecule has 2 rings (SSSR count). The molecule has 0 aliphatic rings. The summed E-state index contributed by atoms with van der Waals surface area (Å²) in [7, 11) is 0. The van der Waals surface area contributed by atoms with Gasteiger partial charge in [-0.25, -0.2) is 4.98 Å². The Bertz CT molecular complexity index is 529. The van der Waals surface area contributed by atoms with Crippen LogP contribution in [0.4, 0.5) is 0 Å².